The monoisotopic (exact) mass is 471 g/mol. The van der Waals surface area contributed by atoms with Crippen LogP contribution in [0, 0.1) is 5.82 Å². The van der Waals surface area contributed by atoms with E-state index in [4.69, 9.17) is 9.47 Å². The molecule has 4 rings (SSSR count). The van der Waals surface area contributed by atoms with E-state index in [-0.39, 0.29) is 18.1 Å². The van der Waals surface area contributed by atoms with E-state index in [2.05, 4.69) is 10.3 Å². The number of carbonyl (C=O) groups excluding carboxylic acids is 1. The summed E-state index contributed by atoms with van der Waals surface area (Å²) in [5.74, 6) is 1.82. The highest BCUT2D eigenvalue weighted by molar-refractivity contribution is 8.03. The van der Waals surface area contributed by atoms with Crippen molar-refractivity contribution in [3.63, 3.8) is 0 Å². The number of amides is 1. The molecule has 1 saturated heterocycles. The van der Waals surface area contributed by atoms with Crippen molar-refractivity contribution < 1.29 is 18.7 Å². The van der Waals surface area contributed by atoms with E-state index < -0.39 is 0 Å². The Hall–Kier alpha value is -3.04. The highest BCUT2D eigenvalue weighted by Crippen LogP contribution is 2.33. The fourth-order valence-corrected chi connectivity index (χ4v) is 4.97. The topological polar surface area (TPSA) is 63.7 Å². The second-order valence-electron chi connectivity index (χ2n) is 6.95. The van der Waals surface area contributed by atoms with Gasteiger partial charge in [-0.1, -0.05) is 6.07 Å². The molecule has 6 nitrogen and oxygen atoms in total. The molecule has 0 radical (unpaired) electrons. The van der Waals surface area contributed by atoms with Crippen LogP contribution in [-0.4, -0.2) is 42.3 Å². The number of thiazole rings is 1. The summed E-state index contributed by atoms with van der Waals surface area (Å²) >= 11 is 3.09. The predicted molar refractivity (Wildman–Crippen MR) is 127 cm³/mol. The van der Waals surface area contributed by atoms with Crippen molar-refractivity contribution in [2.75, 3.05) is 31.8 Å². The summed E-state index contributed by atoms with van der Waals surface area (Å²) < 4.78 is 23.7. The number of aromatic nitrogens is 1. The molecule has 0 aliphatic carbocycles. The zero-order valence-corrected chi connectivity index (χ0v) is 19.3. The number of anilines is 2. The molecule has 1 amide bonds. The molecule has 0 bridgehead atoms. The van der Waals surface area contributed by atoms with Crippen LogP contribution in [0.2, 0.25) is 0 Å². The molecule has 1 aromatic heterocycles. The van der Waals surface area contributed by atoms with Crippen LogP contribution in [0.4, 0.5) is 15.2 Å². The first kappa shape index (κ1) is 22.2. The molecule has 0 spiro atoms. The molecule has 2 heterocycles. The van der Waals surface area contributed by atoms with Gasteiger partial charge in [0.1, 0.15) is 5.82 Å². The summed E-state index contributed by atoms with van der Waals surface area (Å²) in [5.41, 5.74) is 2.40. The minimum absolute atomic E-state index is 0.0216. The Morgan fingerprint density at radius 2 is 1.97 bits per heavy atom. The lowest BCUT2D eigenvalue weighted by atomic mass is 10.1. The molecule has 0 atom stereocenters. The van der Waals surface area contributed by atoms with Gasteiger partial charge in [0.25, 0.3) is 0 Å². The van der Waals surface area contributed by atoms with E-state index >= 15 is 0 Å². The number of hydrogen-bond donors (Lipinski definition) is 1. The second-order valence-corrected chi connectivity index (χ2v) is 8.93. The number of hydrogen-bond acceptors (Lipinski definition) is 7. The summed E-state index contributed by atoms with van der Waals surface area (Å²) in [7, 11) is 3.16. The molecule has 1 aliphatic rings. The van der Waals surface area contributed by atoms with Gasteiger partial charge in [-0.2, -0.15) is 0 Å². The number of rotatable bonds is 7. The molecule has 32 heavy (non-hydrogen) atoms. The van der Waals surface area contributed by atoms with Crippen molar-refractivity contribution in [3.8, 4) is 11.5 Å². The fourth-order valence-electron chi connectivity index (χ4n) is 3.25. The van der Waals surface area contributed by atoms with E-state index in [1.807, 2.05) is 29.7 Å². The molecule has 3 aromatic rings. The van der Waals surface area contributed by atoms with Gasteiger partial charge in [-0.25, -0.2) is 9.37 Å². The Balaban J connectivity index is 1.44. The van der Waals surface area contributed by atoms with E-state index in [1.165, 1.54) is 23.5 Å². The quantitative estimate of drug-likeness (QED) is 0.514. The first-order chi connectivity index (χ1) is 15.6. The number of thioether (sulfide) groups is 1. The molecule has 1 aliphatic heterocycles. The maximum atomic E-state index is 13.1. The Labute approximate surface area is 194 Å². The molecular weight excluding hydrogens is 449 g/mol. The second kappa shape index (κ2) is 10.1. The van der Waals surface area contributed by atoms with Gasteiger partial charge in [-0.3, -0.25) is 4.79 Å². The molecule has 0 unspecified atom stereocenters. The summed E-state index contributed by atoms with van der Waals surface area (Å²) in [6.45, 7) is 0.660. The number of nitrogens with zero attached hydrogens (tertiary/aromatic N) is 2. The lowest BCUT2D eigenvalue weighted by Crippen LogP contribution is -2.28. The first-order valence-corrected chi connectivity index (χ1v) is 11.8. The summed E-state index contributed by atoms with van der Waals surface area (Å²) in [5, 5.41) is 6.68. The third-order valence-electron chi connectivity index (χ3n) is 4.82. The van der Waals surface area contributed by atoms with Crippen LogP contribution in [0.15, 0.2) is 52.9 Å². The normalized spacial score (nSPS) is 14.6. The Kier molecular flexibility index (Phi) is 6.96. The number of carbonyl (C=O) groups is 1. The fraction of sp³-hybridized carbons (Fsp3) is 0.217. The zero-order chi connectivity index (χ0) is 22.5. The lowest BCUT2D eigenvalue weighted by molar-refractivity contribution is -0.127. The van der Waals surface area contributed by atoms with Gasteiger partial charge >= 0.3 is 0 Å². The van der Waals surface area contributed by atoms with Crippen LogP contribution in [-0.2, 0) is 11.2 Å². The van der Waals surface area contributed by atoms with E-state index in [0.29, 0.717) is 23.2 Å². The van der Waals surface area contributed by atoms with Gasteiger partial charge in [0.05, 0.1) is 31.4 Å². The van der Waals surface area contributed by atoms with Gasteiger partial charge in [-0.05, 0) is 48.0 Å². The molecule has 9 heteroatoms. The smallest absolute Gasteiger partial charge is 0.231 e. The lowest BCUT2D eigenvalue weighted by Gasteiger charge is -2.17. The third kappa shape index (κ3) is 5.23. The van der Waals surface area contributed by atoms with Gasteiger partial charge in [0, 0.05) is 23.4 Å². The summed E-state index contributed by atoms with van der Waals surface area (Å²) in [6.07, 6.45) is 2.20. The maximum Gasteiger partial charge on any atom is 0.231 e. The standard InChI is InChI=1S/C23H22FN3O3S2/c1-29-19-8-3-15(11-20(19)30-2)12-21(28)27-9-10-31-22(27)13-18-14-32-23(26-18)25-17-6-4-16(24)5-7-17/h3-8,11,13-14H,9-10,12H2,1-2H3,(H,25,26)/b22-13+. The Morgan fingerprint density at radius 3 is 2.72 bits per heavy atom. The van der Waals surface area contributed by atoms with Gasteiger partial charge < -0.3 is 19.7 Å². The number of methoxy groups -OCH3 is 2. The van der Waals surface area contributed by atoms with E-state index in [1.54, 1.807) is 43.0 Å². The maximum absolute atomic E-state index is 13.1. The SMILES string of the molecule is COc1ccc(CC(=O)N2CCS/C2=C/c2csc(Nc3ccc(F)cc3)n2)cc1OC. The van der Waals surface area contributed by atoms with Crippen molar-refractivity contribution in [2.45, 2.75) is 6.42 Å². The Morgan fingerprint density at radius 1 is 1.19 bits per heavy atom. The highest BCUT2D eigenvalue weighted by Gasteiger charge is 2.25. The number of nitrogens with one attached hydrogen (secondary N) is 1. The molecule has 1 fully saturated rings. The van der Waals surface area contributed by atoms with E-state index in [9.17, 15) is 9.18 Å². The summed E-state index contributed by atoms with van der Waals surface area (Å²) in [4.78, 5) is 19.3. The highest BCUT2D eigenvalue weighted by atomic mass is 32.2. The van der Waals surface area contributed by atoms with Crippen LogP contribution in [0.5, 0.6) is 11.5 Å². The van der Waals surface area contributed by atoms with Crippen LogP contribution >= 0.6 is 23.1 Å². The van der Waals surface area contributed by atoms with Gasteiger partial charge in [0.15, 0.2) is 16.6 Å². The van der Waals surface area contributed by atoms with Crippen LogP contribution in [0.3, 0.4) is 0 Å². The average molecular weight is 472 g/mol. The van der Waals surface area contributed by atoms with Crippen LogP contribution < -0.4 is 14.8 Å². The number of halogens is 1. The van der Waals surface area contributed by atoms with Crippen LogP contribution in [0.25, 0.3) is 6.08 Å². The van der Waals surface area contributed by atoms with E-state index in [0.717, 1.165) is 27.7 Å². The van der Waals surface area contributed by atoms with Crippen molar-refractivity contribution in [2.24, 2.45) is 0 Å². The number of ether oxygens (including phenoxy) is 2. The van der Waals surface area contributed by atoms with Crippen LogP contribution in [0.1, 0.15) is 11.3 Å². The minimum atomic E-state index is -0.281. The average Bonchev–Trinajstić information content (AvgIpc) is 3.45. The summed E-state index contributed by atoms with van der Waals surface area (Å²) in [6, 6.07) is 11.6. The number of benzene rings is 2. The molecule has 0 saturated carbocycles. The molecule has 2 aromatic carbocycles. The van der Waals surface area contributed by atoms with Crippen molar-refractivity contribution in [3.05, 3.63) is 69.9 Å². The van der Waals surface area contributed by atoms with Gasteiger partial charge in [-0.15, -0.1) is 23.1 Å². The van der Waals surface area contributed by atoms with Crippen molar-refractivity contribution in [1.82, 2.24) is 9.88 Å². The molecule has 166 valence electrons. The zero-order valence-electron chi connectivity index (χ0n) is 17.6. The third-order valence-corrected chi connectivity index (χ3v) is 6.62. The van der Waals surface area contributed by atoms with Crippen molar-refractivity contribution in [1.29, 1.82) is 0 Å². The Bertz CT molecular complexity index is 1130. The van der Waals surface area contributed by atoms with Gasteiger partial charge in [0.2, 0.25) is 5.91 Å². The largest absolute Gasteiger partial charge is 0.493 e. The molecule has 1 N–H and O–H groups in total. The predicted octanol–water partition coefficient (Wildman–Crippen LogP) is 5.16. The molecular formula is C23H22FN3O3S2. The first-order valence-electron chi connectivity index (χ1n) is 9.89. The minimum Gasteiger partial charge on any atom is -0.493 e. The van der Waals surface area contributed by atoms with Crippen molar-refractivity contribution >= 4 is 45.9 Å².